The number of hydrogen-bond acceptors (Lipinski definition) is 3. The van der Waals surface area contributed by atoms with Crippen molar-refractivity contribution in [3.05, 3.63) is 22.8 Å². The number of rotatable bonds is 4. The Morgan fingerprint density at radius 2 is 2.06 bits per heavy atom. The van der Waals surface area contributed by atoms with Crippen molar-refractivity contribution < 1.29 is 18.3 Å². The number of nitrogens with one attached hydrogen (secondary N) is 1. The Morgan fingerprint density at radius 3 is 2.44 bits per heavy atom. The van der Waals surface area contributed by atoms with E-state index in [-0.39, 0.29) is 29.4 Å². The third-order valence-corrected chi connectivity index (χ3v) is 2.78. The Labute approximate surface area is 108 Å². The lowest BCUT2D eigenvalue weighted by atomic mass is 10.1. The molecule has 0 radical (unpaired) electrons. The van der Waals surface area contributed by atoms with Crippen molar-refractivity contribution >= 4 is 17.4 Å². The molecule has 1 aromatic heterocycles. The lowest BCUT2D eigenvalue weighted by Crippen LogP contribution is -2.30. The summed E-state index contributed by atoms with van der Waals surface area (Å²) in [6.45, 7) is 3.58. The van der Waals surface area contributed by atoms with Crippen molar-refractivity contribution in [2.45, 2.75) is 26.1 Å². The number of alkyl halides is 3. The molecule has 0 aliphatic carbocycles. The zero-order valence-corrected chi connectivity index (χ0v) is 10.7. The van der Waals surface area contributed by atoms with E-state index in [1.807, 2.05) is 13.8 Å². The number of aliphatic hydroxyl groups is 1. The van der Waals surface area contributed by atoms with E-state index in [1.54, 1.807) is 0 Å². The number of aliphatic hydroxyl groups excluding tert-OH is 1. The highest BCUT2D eigenvalue weighted by molar-refractivity contribution is 6.33. The van der Waals surface area contributed by atoms with Crippen LogP contribution in [0.1, 0.15) is 19.4 Å². The second kappa shape index (κ2) is 5.75. The molecule has 1 rings (SSSR count). The molecular weight excluding hydrogens is 269 g/mol. The standard InChI is InChI=1S/C11H14ClF3N2O/c1-6(2)9(5-18)17-10-8(12)3-7(4-16-10)11(13,14)15/h3-4,6,9,18H,5H2,1-2H3,(H,16,17)/t9-/m1/s1. The molecule has 0 amide bonds. The van der Waals surface area contributed by atoms with Gasteiger partial charge in [-0.15, -0.1) is 0 Å². The summed E-state index contributed by atoms with van der Waals surface area (Å²) < 4.78 is 37.2. The smallest absolute Gasteiger partial charge is 0.394 e. The van der Waals surface area contributed by atoms with Gasteiger partial charge in [0, 0.05) is 6.20 Å². The molecule has 0 bridgehead atoms. The first-order valence-corrected chi connectivity index (χ1v) is 5.73. The van der Waals surface area contributed by atoms with Crippen LogP contribution in [0.4, 0.5) is 19.0 Å². The zero-order chi connectivity index (χ0) is 13.9. The molecule has 0 saturated heterocycles. The van der Waals surface area contributed by atoms with Gasteiger partial charge < -0.3 is 10.4 Å². The van der Waals surface area contributed by atoms with Gasteiger partial charge in [-0.3, -0.25) is 0 Å². The first-order valence-electron chi connectivity index (χ1n) is 5.35. The number of pyridine rings is 1. The minimum absolute atomic E-state index is 0.0927. The third-order valence-electron chi connectivity index (χ3n) is 2.49. The fourth-order valence-electron chi connectivity index (χ4n) is 1.30. The minimum atomic E-state index is -4.47. The van der Waals surface area contributed by atoms with E-state index in [2.05, 4.69) is 10.3 Å². The van der Waals surface area contributed by atoms with E-state index in [0.29, 0.717) is 6.20 Å². The summed E-state index contributed by atoms with van der Waals surface area (Å²) in [6.07, 6.45) is -3.76. The minimum Gasteiger partial charge on any atom is -0.394 e. The summed E-state index contributed by atoms with van der Waals surface area (Å²) in [5, 5.41) is 11.8. The quantitative estimate of drug-likeness (QED) is 0.891. The molecule has 7 heteroatoms. The molecule has 102 valence electrons. The van der Waals surface area contributed by atoms with Crippen LogP contribution in [0.3, 0.4) is 0 Å². The summed E-state index contributed by atoms with van der Waals surface area (Å²) in [7, 11) is 0. The van der Waals surface area contributed by atoms with Crippen molar-refractivity contribution in [1.29, 1.82) is 0 Å². The molecule has 0 aromatic carbocycles. The average molecular weight is 283 g/mol. The Kier molecular flexibility index (Phi) is 4.81. The Hall–Kier alpha value is -1.01. The molecule has 3 nitrogen and oxygen atoms in total. The van der Waals surface area contributed by atoms with Gasteiger partial charge in [0.15, 0.2) is 0 Å². The van der Waals surface area contributed by atoms with Crippen molar-refractivity contribution in [2.75, 3.05) is 11.9 Å². The van der Waals surface area contributed by atoms with E-state index in [0.717, 1.165) is 6.07 Å². The molecule has 18 heavy (non-hydrogen) atoms. The van der Waals surface area contributed by atoms with Crippen molar-refractivity contribution in [2.24, 2.45) is 5.92 Å². The molecule has 0 saturated carbocycles. The largest absolute Gasteiger partial charge is 0.417 e. The monoisotopic (exact) mass is 282 g/mol. The molecule has 1 aromatic rings. The number of anilines is 1. The maximum atomic E-state index is 12.4. The molecule has 2 N–H and O–H groups in total. The molecule has 0 unspecified atom stereocenters. The van der Waals surface area contributed by atoms with Crippen molar-refractivity contribution in [3.8, 4) is 0 Å². The zero-order valence-electron chi connectivity index (χ0n) is 9.92. The molecule has 1 heterocycles. The number of hydrogen-bond donors (Lipinski definition) is 2. The predicted molar refractivity (Wildman–Crippen MR) is 63.6 cm³/mol. The van der Waals surface area contributed by atoms with Crippen LogP contribution in [-0.2, 0) is 6.18 Å². The van der Waals surface area contributed by atoms with Gasteiger partial charge in [0.05, 0.1) is 23.2 Å². The summed E-state index contributed by atoms with van der Waals surface area (Å²) in [6, 6.07) is 0.498. The van der Waals surface area contributed by atoms with Gasteiger partial charge in [0.25, 0.3) is 0 Å². The van der Waals surface area contributed by atoms with Crippen molar-refractivity contribution in [1.82, 2.24) is 4.98 Å². The van der Waals surface area contributed by atoms with E-state index in [4.69, 9.17) is 16.7 Å². The highest BCUT2D eigenvalue weighted by atomic mass is 35.5. The van der Waals surface area contributed by atoms with Crippen LogP contribution < -0.4 is 5.32 Å². The topological polar surface area (TPSA) is 45.1 Å². The van der Waals surface area contributed by atoms with Gasteiger partial charge in [-0.2, -0.15) is 13.2 Å². The maximum Gasteiger partial charge on any atom is 0.417 e. The van der Waals surface area contributed by atoms with Crippen molar-refractivity contribution in [3.63, 3.8) is 0 Å². The number of halogens is 4. The number of aromatic nitrogens is 1. The molecule has 0 aliphatic rings. The van der Waals surface area contributed by atoms with E-state index in [9.17, 15) is 13.2 Å². The Bertz CT molecular complexity index is 410. The fraction of sp³-hybridized carbons (Fsp3) is 0.545. The molecular formula is C11H14ClF3N2O. The van der Waals surface area contributed by atoms with E-state index >= 15 is 0 Å². The average Bonchev–Trinajstić information content (AvgIpc) is 2.25. The lowest BCUT2D eigenvalue weighted by molar-refractivity contribution is -0.137. The SMILES string of the molecule is CC(C)[C@@H](CO)Nc1ncc(C(F)(F)F)cc1Cl. The summed E-state index contributed by atoms with van der Waals surface area (Å²) >= 11 is 5.73. The molecule has 0 fully saturated rings. The van der Waals surface area contributed by atoms with Gasteiger partial charge in [-0.05, 0) is 12.0 Å². The molecule has 0 spiro atoms. The Balaban J connectivity index is 2.93. The first kappa shape index (κ1) is 15.0. The van der Waals surface area contributed by atoms with Gasteiger partial charge in [0.1, 0.15) is 5.82 Å². The maximum absolute atomic E-state index is 12.4. The van der Waals surface area contributed by atoms with Crippen LogP contribution in [0.25, 0.3) is 0 Å². The van der Waals surface area contributed by atoms with Crippen LogP contribution in [-0.4, -0.2) is 22.7 Å². The normalized spacial score (nSPS) is 13.8. The summed E-state index contributed by atoms with van der Waals surface area (Å²) in [5.74, 6) is 0.229. The molecule has 1 atom stereocenters. The van der Waals surface area contributed by atoms with Gasteiger partial charge >= 0.3 is 6.18 Å². The second-order valence-electron chi connectivity index (χ2n) is 4.23. The molecule has 0 aliphatic heterocycles. The van der Waals surface area contributed by atoms with E-state index < -0.39 is 11.7 Å². The van der Waals surface area contributed by atoms with Crippen LogP contribution >= 0.6 is 11.6 Å². The van der Waals surface area contributed by atoms with Gasteiger partial charge in [0.2, 0.25) is 0 Å². The summed E-state index contributed by atoms with van der Waals surface area (Å²) in [4.78, 5) is 3.64. The van der Waals surface area contributed by atoms with E-state index in [1.165, 1.54) is 0 Å². The number of nitrogens with zero attached hydrogens (tertiary/aromatic N) is 1. The van der Waals surface area contributed by atoms with Crippen LogP contribution in [0.2, 0.25) is 5.02 Å². The third kappa shape index (κ3) is 3.74. The van der Waals surface area contributed by atoms with Gasteiger partial charge in [-0.25, -0.2) is 4.98 Å². The second-order valence-corrected chi connectivity index (χ2v) is 4.64. The van der Waals surface area contributed by atoms with Crippen LogP contribution in [0.15, 0.2) is 12.3 Å². The highest BCUT2D eigenvalue weighted by Crippen LogP contribution is 2.32. The Morgan fingerprint density at radius 1 is 1.44 bits per heavy atom. The van der Waals surface area contributed by atoms with Gasteiger partial charge in [-0.1, -0.05) is 25.4 Å². The fourth-order valence-corrected chi connectivity index (χ4v) is 1.52. The lowest BCUT2D eigenvalue weighted by Gasteiger charge is -2.21. The highest BCUT2D eigenvalue weighted by Gasteiger charge is 2.31. The first-order chi connectivity index (χ1) is 8.25. The summed E-state index contributed by atoms with van der Waals surface area (Å²) in [5.41, 5.74) is -0.900. The van der Waals surface area contributed by atoms with Crippen LogP contribution in [0.5, 0.6) is 0 Å². The predicted octanol–water partition coefficient (Wildman–Crippen LogP) is 3.18. The van der Waals surface area contributed by atoms with Crippen LogP contribution in [0, 0.1) is 5.92 Å².